The first-order valence-corrected chi connectivity index (χ1v) is 3.10. The highest BCUT2D eigenvalue weighted by Crippen LogP contribution is 2.16. The molecule has 1 aliphatic heterocycles. The first-order valence-electron chi connectivity index (χ1n) is 2.58. The smallest absolute Gasteiger partial charge is 0.0587 e. The van der Waals surface area contributed by atoms with Crippen LogP contribution in [0.1, 0.15) is 13.3 Å². The maximum Gasteiger partial charge on any atom is 0.0587 e. The van der Waals surface area contributed by atoms with Gasteiger partial charge in [0.05, 0.1) is 12.7 Å². The average molecular weight is 118 g/mol. The Morgan fingerprint density at radius 3 is 2.57 bits per heavy atom. The van der Waals surface area contributed by atoms with Gasteiger partial charge in [0.2, 0.25) is 0 Å². The van der Waals surface area contributed by atoms with Crippen molar-refractivity contribution in [2.24, 2.45) is 0 Å². The lowest BCUT2D eigenvalue weighted by Crippen LogP contribution is -1.95. The second-order valence-corrected chi connectivity index (χ2v) is 2.76. The van der Waals surface area contributed by atoms with Crippen LogP contribution < -0.4 is 0 Å². The van der Waals surface area contributed by atoms with Gasteiger partial charge in [-0.3, -0.25) is 0 Å². The van der Waals surface area contributed by atoms with Crippen molar-refractivity contribution in [3.05, 3.63) is 0 Å². The van der Waals surface area contributed by atoms with Crippen molar-refractivity contribution < 1.29 is 4.74 Å². The van der Waals surface area contributed by atoms with Crippen LogP contribution in [-0.4, -0.2) is 18.0 Å². The van der Waals surface area contributed by atoms with Crippen LogP contribution in [0.4, 0.5) is 0 Å². The van der Waals surface area contributed by atoms with E-state index < -0.39 is 0 Å². The van der Waals surface area contributed by atoms with E-state index >= 15 is 0 Å². The fourth-order valence-corrected chi connectivity index (χ4v) is 1.18. The highest BCUT2D eigenvalue weighted by Gasteiger charge is 2.17. The van der Waals surface area contributed by atoms with Crippen LogP contribution in [0, 0.1) is 0 Å². The Morgan fingerprint density at radius 2 is 2.43 bits per heavy atom. The van der Waals surface area contributed by atoms with E-state index in [1.807, 2.05) is 0 Å². The van der Waals surface area contributed by atoms with Crippen molar-refractivity contribution in [2.75, 3.05) is 6.61 Å². The van der Waals surface area contributed by atoms with Crippen LogP contribution in [0.25, 0.3) is 0 Å². The molecule has 0 amide bonds. The van der Waals surface area contributed by atoms with E-state index in [1.54, 1.807) is 0 Å². The van der Waals surface area contributed by atoms with Crippen molar-refractivity contribution in [3.63, 3.8) is 0 Å². The maximum atomic E-state index is 5.19. The topological polar surface area (TPSA) is 9.23 Å². The summed E-state index contributed by atoms with van der Waals surface area (Å²) >= 11 is 4.23. The van der Waals surface area contributed by atoms with Gasteiger partial charge in [0.25, 0.3) is 0 Å². The molecule has 1 saturated heterocycles. The van der Waals surface area contributed by atoms with Gasteiger partial charge in [-0.15, -0.1) is 0 Å². The van der Waals surface area contributed by atoms with Crippen LogP contribution in [-0.2, 0) is 4.74 Å². The molecule has 2 unspecified atom stereocenters. The van der Waals surface area contributed by atoms with Crippen LogP contribution in [0.5, 0.6) is 0 Å². The third kappa shape index (κ3) is 1.35. The molecular formula is C5H10OS. The predicted octanol–water partition coefficient (Wildman–Crippen LogP) is 1.09. The van der Waals surface area contributed by atoms with Gasteiger partial charge in [-0.05, 0) is 13.3 Å². The Morgan fingerprint density at radius 1 is 1.71 bits per heavy atom. The number of hydrogen-bond acceptors (Lipinski definition) is 2. The van der Waals surface area contributed by atoms with Gasteiger partial charge in [0.15, 0.2) is 0 Å². The number of rotatable bonds is 0. The monoisotopic (exact) mass is 118 g/mol. The van der Waals surface area contributed by atoms with Crippen LogP contribution in [0.3, 0.4) is 0 Å². The van der Waals surface area contributed by atoms with E-state index in [1.165, 1.54) is 0 Å². The summed E-state index contributed by atoms with van der Waals surface area (Å²) in [6, 6.07) is 0. The minimum Gasteiger partial charge on any atom is -0.377 e. The summed E-state index contributed by atoms with van der Waals surface area (Å²) < 4.78 is 5.19. The summed E-state index contributed by atoms with van der Waals surface area (Å²) in [5.41, 5.74) is 0. The highest BCUT2D eigenvalue weighted by molar-refractivity contribution is 7.81. The molecule has 1 fully saturated rings. The van der Waals surface area contributed by atoms with Crippen LogP contribution in [0.15, 0.2) is 0 Å². The van der Waals surface area contributed by atoms with Gasteiger partial charge in [-0.2, -0.15) is 12.6 Å². The van der Waals surface area contributed by atoms with E-state index in [2.05, 4.69) is 19.6 Å². The molecule has 42 valence electrons. The molecule has 2 atom stereocenters. The maximum absolute atomic E-state index is 5.19. The predicted molar refractivity (Wildman–Crippen MR) is 32.8 cm³/mol. The molecule has 1 rings (SSSR count). The summed E-state index contributed by atoms with van der Waals surface area (Å²) in [5.74, 6) is 0. The number of hydrogen-bond donors (Lipinski definition) is 1. The molecule has 0 aromatic heterocycles. The van der Waals surface area contributed by atoms with Crippen molar-refractivity contribution >= 4 is 12.6 Å². The SMILES string of the molecule is CC1CC(S)CO1. The molecule has 7 heavy (non-hydrogen) atoms. The normalized spacial score (nSPS) is 42.0. The van der Waals surface area contributed by atoms with E-state index in [0.717, 1.165) is 13.0 Å². The van der Waals surface area contributed by atoms with E-state index in [-0.39, 0.29) is 0 Å². The Bertz CT molecular complexity index is 57.1. The first-order chi connectivity index (χ1) is 3.29. The molecule has 0 bridgehead atoms. The first kappa shape index (κ1) is 5.45. The Hall–Kier alpha value is 0.310. The van der Waals surface area contributed by atoms with E-state index in [9.17, 15) is 0 Å². The lowest BCUT2D eigenvalue weighted by molar-refractivity contribution is 0.126. The molecule has 0 N–H and O–H groups in total. The van der Waals surface area contributed by atoms with Crippen LogP contribution in [0.2, 0.25) is 0 Å². The quantitative estimate of drug-likeness (QED) is 0.468. The van der Waals surface area contributed by atoms with Gasteiger partial charge in [-0.25, -0.2) is 0 Å². The van der Waals surface area contributed by atoms with Crippen molar-refractivity contribution in [1.29, 1.82) is 0 Å². The van der Waals surface area contributed by atoms with Gasteiger partial charge in [0.1, 0.15) is 0 Å². The minimum atomic E-state index is 0.447. The molecular weight excluding hydrogens is 108 g/mol. The molecule has 0 saturated carbocycles. The second-order valence-electron chi connectivity index (χ2n) is 2.03. The molecule has 1 heterocycles. The molecule has 0 radical (unpaired) electrons. The Labute approximate surface area is 49.5 Å². The summed E-state index contributed by atoms with van der Waals surface area (Å²) in [6.07, 6.45) is 1.56. The Balaban J connectivity index is 2.26. The van der Waals surface area contributed by atoms with Crippen molar-refractivity contribution in [1.82, 2.24) is 0 Å². The summed E-state index contributed by atoms with van der Waals surface area (Å²) in [4.78, 5) is 0. The van der Waals surface area contributed by atoms with Crippen LogP contribution >= 0.6 is 12.6 Å². The molecule has 0 spiro atoms. The van der Waals surface area contributed by atoms with Crippen molar-refractivity contribution in [2.45, 2.75) is 24.7 Å². The lowest BCUT2D eigenvalue weighted by atomic mass is 10.3. The largest absolute Gasteiger partial charge is 0.377 e. The summed E-state index contributed by atoms with van der Waals surface area (Å²) in [6.45, 7) is 2.92. The second kappa shape index (κ2) is 2.05. The van der Waals surface area contributed by atoms with Crippen molar-refractivity contribution in [3.8, 4) is 0 Å². The zero-order valence-electron chi connectivity index (χ0n) is 4.42. The summed E-state index contributed by atoms with van der Waals surface area (Å²) in [7, 11) is 0. The fraction of sp³-hybridized carbons (Fsp3) is 1.00. The highest BCUT2D eigenvalue weighted by atomic mass is 32.1. The molecule has 1 aliphatic rings. The lowest BCUT2D eigenvalue weighted by Gasteiger charge is -1.94. The minimum absolute atomic E-state index is 0.447. The molecule has 0 aromatic carbocycles. The van der Waals surface area contributed by atoms with E-state index in [0.29, 0.717) is 11.4 Å². The molecule has 2 heteroatoms. The third-order valence-electron chi connectivity index (χ3n) is 1.18. The fourth-order valence-electron chi connectivity index (χ4n) is 0.795. The standard InChI is InChI=1S/C5H10OS/c1-4-2-5(7)3-6-4/h4-5,7H,2-3H2,1H3. The average Bonchev–Trinajstić information content (AvgIpc) is 1.87. The zero-order valence-corrected chi connectivity index (χ0v) is 5.32. The Kier molecular flexibility index (Phi) is 1.60. The van der Waals surface area contributed by atoms with Gasteiger partial charge >= 0.3 is 0 Å². The van der Waals surface area contributed by atoms with Gasteiger partial charge in [-0.1, -0.05) is 0 Å². The number of thiol groups is 1. The zero-order chi connectivity index (χ0) is 5.28. The molecule has 0 aromatic rings. The summed E-state index contributed by atoms with van der Waals surface area (Å²) in [5, 5.41) is 0.495. The third-order valence-corrected chi connectivity index (χ3v) is 1.54. The van der Waals surface area contributed by atoms with E-state index in [4.69, 9.17) is 4.74 Å². The van der Waals surface area contributed by atoms with Gasteiger partial charge in [0, 0.05) is 5.25 Å². The number of ether oxygens (including phenoxy) is 1. The molecule has 1 nitrogen and oxygen atoms in total. The van der Waals surface area contributed by atoms with Gasteiger partial charge < -0.3 is 4.74 Å². The molecule has 0 aliphatic carbocycles.